The van der Waals surface area contributed by atoms with Gasteiger partial charge in [0.25, 0.3) is 0 Å². The second kappa shape index (κ2) is 6.35. The van der Waals surface area contributed by atoms with Gasteiger partial charge >= 0.3 is 0 Å². The van der Waals surface area contributed by atoms with Crippen molar-refractivity contribution < 1.29 is 19.0 Å². The minimum absolute atomic E-state index is 0.0915. The highest BCUT2D eigenvalue weighted by Gasteiger charge is 2.18. The molecule has 0 aliphatic rings. The fourth-order valence-corrected chi connectivity index (χ4v) is 1.29. The molecule has 0 atom stereocenters. The number of nitrogens with one attached hydrogen (secondary N) is 1. The van der Waals surface area contributed by atoms with Gasteiger partial charge in [0.15, 0.2) is 11.6 Å². The van der Waals surface area contributed by atoms with Crippen LogP contribution in [0.4, 0.5) is 4.39 Å². The van der Waals surface area contributed by atoms with Gasteiger partial charge in [0, 0.05) is 0 Å². The fraction of sp³-hybridized carbons (Fsp3) is 0.462. The Balaban J connectivity index is 2.34. The molecule has 0 saturated carbocycles. The topological polar surface area (TPSA) is 58.6 Å². The molecule has 0 radical (unpaired) electrons. The van der Waals surface area contributed by atoms with Crippen LogP contribution in [0.2, 0.25) is 0 Å². The summed E-state index contributed by atoms with van der Waals surface area (Å²) in [4.78, 5) is 11.5. The summed E-state index contributed by atoms with van der Waals surface area (Å²) in [6.07, 6.45) is 0.109. The maximum atomic E-state index is 13.2. The first-order chi connectivity index (χ1) is 8.44. The molecule has 1 aromatic rings. The van der Waals surface area contributed by atoms with Crippen molar-refractivity contribution in [3.05, 3.63) is 30.1 Å². The molecule has 100 valence electrons. The molecule has 0 aliphatic heterocycles. The van der Waals surface area contributed by atoms with Gasteiger partial charge in [-0.25, -0.2) is 4.39 Å². The molecular weight excluding hydrogens is 237 g/mol. The average molecular weight is 255 g/mol. The van der Waals surface area contributed by atoms with E-state index in [1.807, 2.05) is 0 Å². The third-order valence-electron chi connectivity index (χ3n) is 2.30. The molecule has 1 amide bonds. The van der Waals surface area contributed by atoms with Crippen LogP contribution in [0.1, 0.15) is 20.3 Å². The van der Waals surface area contributed by atoms with E-state index in [1.165, 1.54) is 12.1 Å². The summed E-state index contributed by atoms with van der Waals surface area (Å²) in [5.41, 5.74) is -0.658. The van der Waals surface area contributed by atoms with Crippen molar-refractivity contribution >= 4 is 5.91 Å². The van der Waals surface area contributed by atoms with Gasteiger partial charge in [-0.15, -0.1) is 0 Å². The van der Waals surface area contributed by atoms with Crippen molar-refractivity contribution in [1.82, 2.24) is 5.32 Å². The van der Waals surface area contributed by atoms with E-state index in [-0.39, 0.29) is 31.3 Å². The van der Waals surface area contributed by atoms with Gasteiger partial charge in [0.2, 0.25) is 5.91 Å². The number of aliphatic hydroxyl groups excluding tert-OH is 1. The van der Waals surface area contributed by atoms with Crippen LogP contribution >= 0.6 is 0 Å². The normalized spacial score (nSPS) is 11.1. The summed E-state index contributed by atoms with van der Waals surface area (Å²) in [5.74, 6) is -0.564. The number of amides is 1. The number of halogens is 1. The Morgan fingerprint density at radius 2 is 2.11 bits per heavy atom. The summed E-state index contributed by atoms with van der Waals surface area (Å²) in [6.45, 7) is 3.37. The van der Waals surface area contributed by atoms with Crippen LogP contribution in [0, 0.1) is 5.82 Å². The molecule has 0 bridgehead atoms. The zero-order valence-electron chi connectivity index (χ0n) is 10.6. The summed E-state index contributed by atoms with van der Waals surface area (Å²) in [5, 5.41) is 11.6. The lowest BCUT2D eigenvalue weighted by molar-refractivity contribution is -0.123. The molecular formula is C13H18FNO3. The van der Waals surface area contributed by atoms with Gasteiger partial charge < -0.3 is 15.2 Å². The Morgan fingerprint density at radius 1 is 1.44 bits per heavy atom. The SMILES string of the molecule is CC(C)(CO)NC(=O)CCOc1ccccc1F. The Morgan fingerprint density at radius 3 is 2.72 bits per heavy atom. The standard InChI is InChI=1S/C13H18FNO3/c1-13(2,9-16)15-12(17)7-8-18-11-6-4-3-5-10(11)14/h3-6,16H,7-9H2,1-2H3,(H,15,17). The number of carbonyl (C=O) groups excluding carboxylic acids is 1. The second-order valence-corrected chi connectivity index (χ2v) is 4.62. The van der Waals surface area contributed by atoms with E-state index in [1.54, 1.807) is 26.0 Å². The largest absolute Gasteiger partial charge is 0.490 e. The molecule has 0 spiro atoms. The Kier molecular flexibility index (Phi) is 5.09. The van der Waals surface area contributed by atoms with Gasteiger partial charge in [-0.05, 0) is 26.0 Å². The van der Waals surface area contributed by atoms with E-state index < -0.39 is 11.4 Å². The van der Waals surface area contributed by atoms with Crippen molar-refractivity contribution in [1.29, 1.82) is 0 Å². The van der Waals surface area contributed by atoms with Crippen LogP contribution in [-0.2, 0) is 4.79 Å². The van der Waals surface area contributed by atoms with Crippen molar-refractivity contribution in [2.75, 3.05) is 13.2 Å². The number of ether oxygens (including phenoxy) is 1. The minimum atomic E-state index is -0.658. The average Bonchev–Trinajstić information content (AvgIpc) is 2.31. The van der Waals surface area contributed by atoms with Crippen LogP contribution in [0.25, 0.3) is 0 Å². The van der Waals surface area contributed by atoms with E-state index >= 15 is 0 Å². The molecule has 0 saturated heterocycles. The predicted molar refractivity (Wildman–Crippen MR) is 65.8 cm³/mol. The van der Waals surface area contributed by atoms with Crippen molar-refractivity contribution in [2.45, 2.75) is 25.8 Å². The minimum Gasteiger partial charge on any atom is -0.490 e. The molecule has 5 heteroatoms. The number of carbonyl (C=O) groups is 1. The summed E-state index contributed by atoms with van der Waals surface area (Å²) >= 11 is 0. The number of rotatable bonds is 6. The Hall–Kier alpha value is -1.62. The maximum absolute atomic E-state index is 13.2. The van der Waals surface area contributed by atoms with E-state index in [0.717, 1.165) is 0 Å². The maximum Gasteiger partial charge on any atom is 0.223 e. The lowest BCUT2D eigenvalue weighted by atomic mass is 10.1. The molecule has 0 aromatic heterocycles. The molecule has 0 aliphatic carbocycles. The fourth-order valence-electron chi connectivity index (χ4n) is 1.29. The van der Waals surface area contributed by atoms with E-state index in [4.69, 9.17) is 9.84 Å². The summed E-state index contributed by atoms with van der Waals surface area (Å²) in [6, 6.07) is 6.03. The van der Waals surface area contributed by atoms with Gasteiger partial charge in [-0.3, -0.25) is 4.79 Å². The molecule has 2 N–H and O–H groups in total. The highest BCUT2D eigenvalue weighted by atomic mass is 19.1. The Labute approximate surface area is 106 Å². The highest BCUT2D eigenvalue weighted by molar-refractivity contribution is 5.76. The number of para-hydroxylation sites is 1. The van der Waals surface area contributed by atoms with Crippen LogP contribution in [-0.4, -0.2) is 29.8 Å². The molecule has 0 heterocycles. The van der Waals surface area contributed by atoms with Gasteiger partial charge in [0.05, 0.1) is 25.2 Å². The number of hydrogen-bond donors (Lipinski definition) is 2. The molecule has 0 fully saturated rings. The monoisotopic (exact) mass is 255 g/mol. The van der Waals surface area contributed by atoms with Gasteiger partial charge in [0.1, 0.15) is 0 Å². The zero-order chi connectivity index (χ0) is 13.6. The van der Waals surface area contributed by atoms with Crippen molar-refractivity contribution in [3.63, 3.8) is 0 Å². The zero-order valence-corrected chi connectivity index (χ0v) is 10.6. The molecule has 0 unspecified atom stereocenters. The van der Waals surface area contributed by atoms with E-state index in [9.17, 15) is 9.18 Å². The number of hydrogen-bond acceptors (Lipinski definition) is 3. The first-order valence-corrected chi connectivity index (χ1v) is 5.74. The van der Waals surface area contributed by atoms with Gasteiger partial charge in [-0.2, -0.15) is 0 Å². The number of aliphatic hydroxyl groups is 1. The van der Waals surface area contributed by atoms with Crippen LogP contribution < -0.4 is 10.1 Å². The van der Waals surface area contributed by atoms with Crippen molar-refractivity contribution in [2.24, 2.45) is 0 Å². The van der Waals surface area contributed by atoms with E-state index in [0.29, 0.717) is 0 Å². The third kappa shape index (κ3) is 4.71. The molecule has 4 nitrogen and oxygen atoms in total. The van der Waals surface area contributed by atoms with E-state index in [2.05, 4.69) is 5.32 Å². The van der Waals surface area contributed by atoms with Crippen LogP contribution in [0.15, 0.2) is 24.3 Å². The first kappa shape index (κ1) is 14.4. The molecule has 18 heavy (non-hydrogen) atoms. The lowest BCUT2D eigenvalue weighted by Gasteiger charge is -2.23. The van der Waals surface area contributed by atoms with Gasteiger partial charge in [-0.1, -0.05) is 12.1 Å². The highest BCUT2D eigenvalue weighted by Crippen LogP contribution is 2.15. The lowest BCUT2D eigenvalue weighted by Crippen LogP contribution is -2.46. The predicted octanol–water partition coefficient (Wildman–Crippen LogP) is 1.48. The molecule has 1 aromatic carbocycles. The second-order valence-electron chi connectivity index (χ2n) is 4.62. The summed E-state index contributed by atoms with van der Waals surface area (Å²) < 4.78 is 18.3. The van der Waals surface area contributed by atoms with Crippen LogP contribution in [0.3, 0.4) is 0 Å². The smallest absolute Gasteiger partial charge is 0.223 e. The number of benzene rings is 1. The van der Waals surface area contributed by atoms with Crippen LogP contribution in [0.5, 0.6) is 5.75 Å². The third-order valence-corrected chi connectivity index (χ3v) is 2.30. The van der Waals surface area contributed by atoms with Crippen molar-refractivity contribution in [3.8, 4) is 5.75 Å². The summed E-state index contributed by atoms with van der Waals surface area (Å²) in [7, 11) is 0. The first-order valence-electron chi connectivity index (χ1n) is 5.74. The molecule has 1 rings (SSSR count). The quantitative estimate of drug-likeness (QED) is 0.809. The Bertz CT molecular complexity index is 407.